The molecule has 6 nitrogen and oxygen atoms in total. The van der Waals surface area contributed by atoms with Gasteiger partial charge in [-0.1, -0.05) is 6.07 Å². The van der Waals surface area contributed by atoms with Crippen molar-refractivity contribution in [1.29, 1.82) is 0 Å². The molecule has 0 bridgehead atoms. The molecule has 4 aromatic rings. The summed E-state index contributed by atoms with van der Waals surface area (Å²) in [6.07, 6.45) is 3.98. The first-order valence-electron chi connectivity index (χ1n) is 9.07. The molecule has 4 heterocycles. The van der Waals surface area contributed by atoms with Gasteiger partial charge in [-0.05, 0) is 55.2 Å². The van der Waals surface area contributed by atoms with Gasteiger partial charge in [0.15, 0.2) is 10.8 Å². The molecule has 0 N–H and O–H groups in total. The Morgan fingerprint density at radius 1 is 0.963 bits per heavy atom. The van der Waals surface area contributed by atoms with E-state index in [-0.39, 0.29) is 0 Å². The average molecular weight is 376 g/mol. The Labute approximate surface area is 161 Å². The molecule has 7 heteroatoms. The Morgan fingerprint density at radius 3 is 2.74 bits per heavy atom. The van der Waals surface area contributed by atoms with E-state index >= 15 is 0 Å². The van der Waals surface area contributed by atoms with Crippen LogP contribution in [0.4, 0.5) is 5.69 Å². The van der Waals surface area contributed by atoms with Gasteiger partial charge in [0.05, 0.1) is 17.4 Å². The van der Waals surface area contributed by atoms with E-state index in [1.54, 1.807) is 11.8 Å². The highest BCUT2D eigenvalue weighted by Gasteiger charge is 2.15. The standard InChI is InChI=1S/C20H20N6S/c1-24-8-10-25(11-9-24)16-12-15-13-17(5-6-18(15)21-14-16)27-20-23-22-19-4-2-3-7-26(19)20/h2-7,12-14H,8-11H2,1H3. The number of pyridine rings is 2. The lowest BCUT2D eigenvalue weighted by Gasteiger charge is -2.33. The Balaban J connectivity index is 1.45. The molecule has 0 atom stereocenters. The van der Waals surface area contributed by atoms with Gasteiger partial charge in [0, 0.05) is 42.7 Å². The smallest absolute Gasteiger partial charge is 0.200 e. The molecule has 1 aliphatic rings. The number of fused-ring (bicyclic) bond motifs is 2. The van der Waals surface area contributed by atoms with E-state index in [0.717, 1.165) is 52.8 Å². The van der Waals surface area contributed by atoms with Crippen molar-refractivity contribution in [3.05, 3.63) is 54.9 Å². The van der Waals surface area contributed by atoms with E-state index in [9.17, 15) is 0 Å². The number of nitrogens with zero attached hydrogens (tertiary/aromatic N) is 6. The second kappa shape index (κ2) is 6.83. The van der Waals surface area contributed by atoms with Gasteiger partial charge in [0.25, 0.3) is 0 Å². The van der Waals surface area contributed by atoms with Gasteiger partial charge in [-0.15, -0.1) is 10.2 Å². The first-order chi connectivity index (χ1) is 13.3. The highest BCUT2D eigenvalue weighted by Crippen LogP contribution is 2.30. The highest BCUT2D eigenvalue weighted by atomic mass is 32.2. The van der Waals surface area contributed by atoms with Crippen LogP contribution >= 0.6 is 11.8 Å². The molecule has 1 aromatic carbocycles. The summed E-state index contributed by atoms with van der Waals surface area (Å²) in [6.45, 7) is 4.27. The fraction of sp³-hybridized carbons (Fsp3) is 0.250. The number of rotatable bonds is 3. The van der Waals surface area contributed by atoms with Crippen molar-refractivity contribution >= 4 is 34.0 Å². The molecule has 1 saturated heterocycles. The molecule has 5 rings (SSSR count). The molecule has 0 amide bonds. The Bertz CT molecular complexity index is 1100. The fourth-order valence-electron chi connectivity index (χ4n) is 3.39. The van der Waals surface area contributed by atoms with Gasteiger partial charge >= 0.3 is 0 Å². The van der Waals surface area contributed by atoms with Gasteiger partial charge in [-0.25, -0.2) is 0 Å². The topological polar surface area (TPSA) is 49.6 Å². The first kappa shape index (κ1) is 16.5. The molecule has 0 aliphatic carbocycles. The van der Waals surface area contributed by atoms with Crippen LogP contribution in [0, 0.1) is 0 Å². The molecular formula is C20H20N6S. The summed E-state index contributed by atoms with van der Waals surface area (Å²) in [5.74, 6) is 0. The molecule has 0 radical (unpaired) electrons. The van der Waals surface area contributed by atoms with Crippen molar-refractivity contribution in [2.45, 2.75) is 10.1 Å². The zero-order valence-corrected chi connectivity index (χ0v) is 15.9. The maximum Gasteiger partial charge on any atom is 0.200 e. The van der Waals surface area contributed by atoms with Crippen LogP contribution in [0.3, 0.4) is 0 Å². The highest BCUT2D eigenvalue weighted by molar-refractivity contribution is 7.99. The minimum atomic E-state index is 0.861. The lowest BCUT2D eigenvalue weighted by molar-refractivity contribution is 0.313. The molecule has 0 spiro atoms. The van der Waals surface area contributed by atoms with Crippen molar-refractivity contribution in [3.63, 3.8) is 0 Å². The minimum Gasteiger partial charge on any atom is -0.368 e. The van der Waals surface area contributed by atoms with Crippen molar-refractivity contribution in [2.75, 3.05) is 38.1 Å². The largest absolute Gasteiger partial charge is 0.368 e. The molecule has 1 aliphatic heterocycles. The average Bonchev–Trinajstić information content (AvgIpc) is 3.11. The van der Waals surface area contributed by atoms with Crippen molar-refractivity contribution in [1.82, 2.24) is 24.5 Å². The molecule has 0 unspecified atom stereocenters. The van der Waals surface area contributed by atoms with Crippen LogP contribution in [0.25, 0.3) is 16.6 Å². The van der Waals surface area contributed by atoms with Crippen LogP contribution in [0.1, 0.15) is 0 Å². The monoisotopic (exact) mass is 376 g/mol. The number of hydrogen-bond acceptors (Lipinski definition) is 6. The number of aromatic nitrogens is 4. The summed E-state index contributed by atoms with van der Waals surface area (Å²) in [6, 6.07) is 14.5. The van der Waals surface area contributed by atoms with E-state index in [4.69, 9.17) is 0 Å². The van der Waals surface area contributed by atoms with E-state index in [1.807, 2.05) is 35.0 Å². The van der Waals surface area contributed by atoms with Gasteiger partial charge < -0.3 is 9.80 Å². The third-order valence-corrected chi connectivity index (χ3v) is 5.95. The van der Waals surface area contributed by atoms with Crippen molar-refractivity contribution < 1.29 is 0 Å². The summed E-state index contributed by atoms with van der Waals surface area (Å²) in [5.41, 5.74) is 3.08. The summed E-state index contributed by atoms with van der Waals surface area (Å²) >= 11 is 1.62. The van der Waals surface area contributed by atoms with Crippen LogP contribution < -0.4 is 4.90 Å². The Morgan fingerprint density at radius 2 is 1.85 bits per heavy atom. The van der Waals surface area contributed by atoms with Gasteiger partial charge in [0.2, 0.25) is 0 Å². The van der Waals surface area contributed by atoms with Crippen molar-refractivity contribution in [3.8, 4) is 0 Å². The molecular weight excluding hydrogens is 356 g/mol. The molecule has 0 saturated carbocycles. The van der Waals surface area contributed by atoms with Crippen LogP contribution in [0.5, 0.6) is 0 Å². The SMILES string of the molecule is CN1CCN(c2cnc3ccc(Sc4nnc5ccccn45)cc3c2)CC1. The normalized spacial score (nSPS) is 15.7. The minimum absolute atomic E-state index is 0.861. The second-order valence-corrected chi connectivity index (χ2v) is 7.89. The van der Waals surface area contributed by atoms with E-state index in [1.165, 1.54) is 5.69 Å². The van der Waals surface area contributed by atoms with E-state index < -0.39 is 0 Å². The van der Waals surface area contributed by atoms with Gasteiger partial charge in [0.1, 0.15) is 0 Å². The summed E-state index contributed by atoms with van der Waals surface area (Å²) in [7, 11) is 2.17. The zero-order chi connectivity index (χ0) is 18.2. The maximum atomic E-state index is 4.67. The number of likely N-dealkylation sites (N-methyl/N-ethyl adjacent to an activating group) is 1. The van der Waals surface area contributed by atoms with Crippen LogP contribution in [-0.2, 0) is 0 Å². The van der Waals surface area contributed by atoms with E-state index in [0.29, 0.717) is 0 Å². The van der Waals surface area contributed by atoms with Gasteiger partial charge in [-0.2, -0.15) is 0 Å². The predicted octanol–water partition coefficient (Wildman–Crippen LogP) is 3.18. The van der Waals surface area contributed by atoms with Crippen LogP contribution in [0.2, 0.25) is 0 Å². The second-order valence-electron chi connectivity index (χ2n) is 6.85. The Hall–Kier alpha value is -2.64. The number of anilines is 1. The third-order valence-electron chi connectivity index (χ3n) is 5.00. The lowest BCUT2D eigenvalue weighted by atomic mass is 10.2. The molecule has 136 valence electrons. The maximum absolute atomic E-state index is 4.67. The number of hydrogen-bond donors (Lipinski definition) is 0. The lowest BCUT2D eigenvalue weighted by Crippen LogP contribution is -2.44. The molecule has 3 aromatic heterocycles. The van der Waals surface area contributed by atoms with Crippen LogP contribution in [-0.4, -0.2) is 57.7 Å². The number of benzene rings is 1. The van der Waals surface area contributed by atoms with Crippen LogP contribution in [0.15, 0.2) is 64.9 Å². The number of piperazine rings is 1. The third kappa shape index (κ3) is 3.24. The van der Waals surface area contributed by atoms with E-state index in [2.05, 4.69) is 56.3 Å². The first-order valence-corrected chi connectivity index (χ1v) is 9.89. The predicted molar refractivity (Wildman–Crippen MR) is 109 cm³/mol. The zero-order valence-electron chi connectivity index (χ0n) is 15.1. The summed E-state index contributed by atoms with van der Waals surface area (Å²) in [5, 5.41) is 10.6. The quantitative estimate of drug-likeness (QED) is 0.547. The molecule has 27 heavy (non-hydrogen) atoms. The van der Waals surface area contributed by atoms with Crippen molar-refractivity contribution in [2.24, 2.45) is 0 Å². The molecule has 1 fully saturated rings. The van der Waals surface area contributed by atoms with Gasteiger partial charge in [-0.3, -0.25) is 9.38 Å². The summed E-state index contributed by atoms with van der Waals surface area (Å²) in [4.78, 5) is 10.6. The fourth-order valence-corrected chi connectivity index (χ4v) is 4.26. The summed E-state index contributed by atoms with van der Waals surface area (Å²) < 4.78 is 2.01. The Kier molecular flexibility index (Phi) is 4.18.